The van der Waals surface area contributed by atoms with Crippen LogP contribution in [0.1, 0.15) is 29.6 Å². The molecule has 5 heteroatoms. The van der Waals surface area contributed by atoms with Crippen LogP contribution in [-0.2, 0) is 4.79 Å². The molecule has 112 valence electrons. The molecule has 0 radical (unpaired) electrons. The number of terminal acetylenes is 1. The highest BCUT2D eigenvalue weighted by atomic mass is 16.4. The number of fused-ring (bicyclic) bond motifs is 1. The molecule has 1 aromatic heterocycles. The van der Waals surface area contributed by atoms with Gasteiger partial charge in [0.25, 0.3) is 5.91 Å². The number of rotatable bonds is 6. The van der Waals surface area contributed by atoms with E-state index in [1.807, 2.05) is 12.1 Å². The lowest BCUT2D eigenvalue weighted by Gasteiger charge is -2.14. The number of benzene rings is 1. The summed E-state index contributed by atoms with van der Waals surface area (Å²) in [6.07, 6.45) is 8.07. The van der Waals surface area contributed by atoms with Crippen molar-refractivity contribution in [2.24, 2.45) is 0 Å². The number of carboxylic acids is 1. The van der Waals surface area contributed by atoms with Crippen LogP contribution in [0.4, 0.5) is 0 Å². The summed E-state index contributed by atoms with van der Waals surface area (Å²) in [5, 5.41) is 12.6. The molecule has 0 aliphatic carbocycles. The molecule has 22 heavy (non-hydrogen) atoms. The Balaban J connectivity index is 2.19. The number of aliphatic carboxylic acids is 1. The Morgan fingerprint density at radius 1 is 1.32 bits per heavy atom. The Morgan fingerprint density at radius 2 is 2.09 bits per heavy atom. The second-order valence-corrected chi connectivity index (χ2v) is 4.84. The van der Waals surface area contributed by atoms with Crippen LogP contribution in [0.25, 0.3) is 10.9 Å². The molecule has 1 amide bonds. The average Bonchev–Trinajstić information content (AvgIpc) is 2.53. The number of para-hydroxylation sites is 1. The van der Waals surface area contributed by atoms with Gasteiger partial charge in [0.05, 0.1) is 11.1 Å². The molecular formula is C17H16N2O3. The molecule has 0 unspecified atom stereocenters. The summed E-state index contributed by atoms with van der Waals surface area (Å²) in [5.41, 5.74) is 0.913. The zero-order valence-corrected chi connectivity index (χ0v) is 12.0. The molecule has 0 bridgehead atoms. The van der Waals surface area contributed by atoms with Gasteiger partial charge in [-0.1, -0.05) is 18.2 Å². The van der Waals surface area contributed by atoms with E-state index in [9.17, 15) is 14.7 Å². The monoisotopic (exact) mass is 296 g/mol. The maximum absolute atomic E-state index is 12.4. The van der Waals surface area contributed by atoms with Gasteiger partial charge in [-0.2, -0.15) is 0 Å². The van der Waals surface area contributed by atoms with E-state index >= 15 is 0 Å². The number of carboxylic acid groups (broad SMARTS) is 1. The zero-order valence-electron chi connectivity index (χ0n) is 12.0. The fourth-order valence-corrected chi connectivity index (χ4v) is 2.19. The molecule has 1 aromatic carbocycles. The molecule has 2 aromatic rings. The Kier molecular flexibility index (Phi) is 5.10. The third-order valence-corrected chi connectivity index (χ3v) is 3.29. The van der Waals surface area contributed by atoms with Crippen LogP contribution in [0, 0.1) is 12.3 Å². The highest BCUT2D eigenvalue weighted by Gasteiger charge is 2.21. The van der Waals surface area contributed by atoms with Crippen LogP contribution < -0.4 is 5.32 Å². The first-order valence-corrected chi connectivity index (χ1v) is 6.94. The van der Waals surface area contributed by atoms with E-state index in [2.05, 4.69) is 16.2 Å². The van der Waals surface area contributed by atoms with Gasteiger partial charge >= 0.3 is 5.97 Å². The minimum absolute atomic E-state index is 0.295. The van der Waals surface area contributed by atoms with Crippen LogP contribution in [0.15, 0.2) is 36.5 Å². The molecule has 0 saturated carbocycles. The van der Waals surface area contributed by atoms with E-state index in [1.165, 1.54) is 0 Å². The number of nitrogens with one attached hydrogen (secondary N) is 1. The number of hydrogen-bond acceptors (Lipinski definition) is 3. The molecule has 0 aliphatic rings. The number of carbonyl (C=O) groups excluding carboxylic acids is 1. The van der Waals surface area contributed by atoms with Crippen molar-refractivity contribution in [3.05, 3.63) is 42.1 Å². The van der Waals surface area contributed by atoms with Gasteiger partial charge in [0.15, 0.2) is 0 Å². The number of pyridine rings is 1. The number of hydrogen-bond donors (Lipinski definition) is 2. The second kappa shape index (κ2) is 7.23. The molecule has 5 nitrogen and oxygen atoms in total. The highest BCUT2D eigenvalue weighted by molar-refractivity contribution is 6.06. The molecule has 2 rings (SSSR count). The Morgan fingerprint density at radius 3 is 2.82 bits per heavy atom. The fourth-order valence-electron chi connectivity index (χ4n) is 2.19. The van der Waals surface area contributed by atoms with Crippen molar-refractivity contribution < 1.29 is 14.7 Å². The summed E-state index contributed by atoms with van der Waals surface area (Å²) >= 11 is 0. The lowest BCUT2D eigenvalue weighted by Crippen LogP contribution is -2.40. The van der Waals surface area contributed by atoms with Crippen molar-refractivity contribution in [1.29, 1.82) is 0 Å². The van der Waals surface area contributed by atoms with E-state index in [4.69, 9.17) is 6.42 Å². The van der Waals surface area contributed by atoms with E-state index in [-0.39, 0.29) is 0 Å². The van der Waals surface area contributed by atoms with Gasteiger partial charge in [0.1, 0.15) is 6.04 Å². The Bertz CT molecular complexity index is 729. The predicted molar refractivity (Wildman–Crippen MR) is 83.3 cm³/mol. The summed E-state index contributed by atoms with van der Waals surface area (Å²) in [6.45, 7) is 0. The molecule has 0 saturated heterocycles. The molecule has 0 aliphatic heterocycles. The largest absolute Gasteiger partial charge is 0.480 e. The number of aromatic nitrogens is 1. The maximum atomic E-state index is 12.4. The maximum Gasteiger partial charge on any atom is 0.326 e. The predicted octanol–water partition coefficient (Wildman–Crippen LogP) is 2.22. The number of amides is 1. The SMILES string of the molecule is C#CCCC[C@H](NC(=O)c1cccc2cccnc12)C(=O)O. The van der Waals surface area contributed by atoms with Crippen molar-refractivity contribution >= 4 is 22.8 Å². The average molecular weight is 296 g/mol. The fraction of sp³-hybridized carbons (Fsp3) is 0.235. The first-order chi connectivity index (χ1) is 10.6. The van der Waals surface area contributed by atoms with Crippen LogP contribution in [0.3, 0.4) is 0 Å². The molecule has 0 fully saturated rings. The van der Waals surface area contributed by atoms with Gasteiger partial charge in [-0.3, -0.25) is 9.78 Å². The minimum atomic E-state index is -1.07. The summed E-state index contributed by atoms with van der Waals surface area (Å²) in [5.74, 6) is 0.938. The van der Waals surface area contributed by atoms with Crippen molar-refractivity contribution in [1.82, 2.24) is 10.3 Å². The third kappa shape index (κ3) is 3.61. The second-order valence-electron chi connectivity index (χ2n) is 4.84. The number of carbonyl (C=O) groups is 2. The Hall–Kier alpha value is -2.87. The van der Waals surface area contributed by atoms with Gasteiger partial charge in [0.2, 0.25) is 0 Å². The molecular weight excluding hydrogens is 280 g/mol. The zero-order chi connectivity index (χ0) is 15.9. The molecule has 2 N–H and O–H groups in total. The van der Waals surface area contributed by atoms with Gasteiger partial charge < -0.3 is 10.4 Å². The molecule has 0 spiro atoms. The number of unbranched alkanes of at least 4 members (excludes halogenated alkanes) is 1. The van der Waals surface area contributed by atoms with E-state index < -0.39 is 17.9 Å². The van der Waals surface area contributed by atoms with Gasteiger partial charge in [-0.25, -0.2) is 4.79 Å². The third-order valence-electron chi connectivity index (χ3n) is 3.29. The van der Waals surface area contributed by atoms with Crippen molar-refractivity contribution in [2.75, 3.05) is 0 Å². The first-order valence-electron chi connectivity index (χ1n) is 6.94. The van der Waals surface area contributed by atoms with Gasteiger partial charge in [0, 0.05) is 18.0 Å². The van der Waals surface area contributed by atoms with Crippen molar-refractivity contribution in [3.8, 4) is 12.3 Å². The summed E-state index contributed by atoms with van der Waals surface area (Å²) in [4.78, 5) is 27.8. The van der Waals surface area contributed by atoms with Crippen LogP contribution in [0.2, 0.25) is 0 Å². The van der Waals surface area contributed by atoms with Gasteiger partial charge in [-0.05, 0) is 25.0 Å². The van der Waals surface area contributed by atoms with E-state index in [1.54, 1.807) is 24.4 Å². The first kappa shape index (κ1) is 15.5. The number of nitrogens with zero attached hydrogens (tertiary/aromatic N) is 1. The summed E-state index contributed by atoms with van der Waals surface area (Å²) in [6, 6.07) is 7.89. The molecule has 1 heterocycles. The summed E-state index contributed by atoms with van der Waals surface area (Å²) in [7, 11) is 0. The quantitative estimate of drug-likeness (QED) is 0.633. The Labute approximate surface area is 128 Å². The normalized spacial score (nSPS) is 11.6. The smallest absolute Gasteiger partial charge is 0.326 e. The van der Waals surface area contributed by atoms with E-state index in [0.29, 0.717) is 30.3 Å². The topological polar surface area (TPSA) is 79.3 Å². The van der Waals surface area contributed by atoms with E-state index in [0.717, 1.165) is 5.39 Å². The van der Waals surface area contributed by atoms with Gasteiger partial charge in [-0.15, -0.1) is 12.3 Å². The van der Waals surface area contributed by atoms with Crippen molar-refractivity contribution in [3.63, 3.8) is 0 Å². The minimum Gasteiger partial charge on any atom is -0.480 e. The van der Waals surface area contributed by atoms with Crippen LogP contribution in [-0.4, -0.2) is 28.0 Å². The van der Waals surface area contributed by atoms with Crippen LogP contribution in [0.5, 0.6) is 0 Å². The summed E-state index contributed by atoms with van der Waals surface area (Å²) < 4.78 is 0. The van der Waals surface area contributed by atoms with Crippen molar-refractivity contribution in [2.45, 2.75) is 25.3 Å². The molecule has 1 atom stereocenters. The van der Waals surface area contributed by atoms with Crippen LogP contribution >= 0.6 is 0 Å². The standard InChI is InChI=1S/C17H16N2O3/c1-2-3-4-10-14(17(21)22)19-16(20)13-9-5-7-12-8-6-11-18-15(12)13/h1,5-9,11,14H,3-4,10H2,(H,19,20)(H,21,22)/t14-/m0/s1. The lowest BCUT2D eigenvalue weighted by molar-refractivity contribution is -0.139. The highest BCUT2D eigenvalue weighted by Crippen LogP contribution is 2.16. The lowest BCUT2D eigenvalue weighted by atomic mass is 10.1.